The average molecular weight is 573 g/mol. The van der Waals surface area contributed by atoms with Crippen LogP contribution in [0.25, 0.3) is 22.8 Å². The minimum absolute atomic E-state index is 0.144. The van der Waals surface area contributed by atoms with Crippen molar-refractivity contribution in [2.45, 2.75) is 32.9 Å². The number of methoxy groups -OCH3 is 1. The predicted molar refractivity (Wildman–Crippen MR) is 158 cm³/mol. The van der Waals surface area contributed by atoms with Crippen LogP contribution in [0.5, 0.6) is 0 Å². The first kappa shape index (κ1) is 31.4. The number of allylic oxidation sites excluding steroid dienone is 4. The summed E-state index contributed by atoms with van der Waals surface area (Å²) in [6, 6.07) is 11.3. The van der Waals surface area contributed by atoms with Crippen LogP contribution in [-0.4, -0.2) is 29.2 Å². The number of amides is 1. The lowest BCUT2D eigenvalue weighted by Gasteiger charge is -2.15. The van der Waals surface area contributed by atoms with Crippen LogP contribution in [0.2, 0.25) is 0 Å². The molecule has 0 aliphatic heterocycles. The number of nitrogens with two attached hydrogens (primary N) is 1. The summed E-state index contributed by atoms with van der Waals surface area (Å²) in [5, 5.41) is 10.9. The van der Waals surface area contributed by atoms with Crippen molar-refractivity contribution in [3.05, 3.63) is 120 Å². The van der Waals surface area contributed by atoms with Crippen LogP contribution in [0, 0.1) is 5.82 Å². The maximum absolute atomic E-state index is 13.3. The number of nitrogens with one attached hydrogen (secondary N) is 1. The fraction of sp³-hybridized carbons (Fsp3) is 0.188. The molecule has 1 amide bonds. The highest BCUT2D eigenvalue weighted by atomic mass is 19.1. The Morgan fingerprint density at radius 3 is 2.33 bits per heavy atom. The van der Waals surface area contributed by atoms with Gasteiger partial charge in [-0.2, -0.15) is 0 Å². The number of nitrogens with zero attached hydrogens (tertiary/aromatic N) is 2. The Balaban J connectivity index is 0.000000616. The summed E-state index contributed by atoms with van der Waals surface area (Å²) in [6.07, 6.45) is 6.80. The fourth-order valence-electron chi connectivity index (χ4n) is 3.72. The molecule has 2 aromatic carbocycles. The summed E-state index contributed by atoms with van der Waals surface area (Å²) in [4.78, 5) is 25.4. The van der Waals surface area contributed by atoms with Gasteiger partial charge >= 0.3 is 5.97 Å². The molecule has 2 heterocycles. The molecule has 0 saturated heterocycles. The van der Waals surface area contributed by atoms with E-state index in [4.69, 9.17) is 19.3 Å². The molecule has 0 aliphatic rings. The van der Waals surface area contributed by atoms with Crippen LogP contribution in [0.4, 0.5) is 4.39 Å². The van der Waals surface area contributed by atoms with E-state index >= 15 is 0 Å². The topological polar surface area (TPSA) is 133 Å². The van der Waals surface area contributed by atoms with E-state index in [-0.39, 0.29) is 34.5 Å². The maximum Gasteiger partial charge on any atom is 0.341 e. The molecule has 2 aromatic heterocycles. The lowest BCUT2D eigenvalue weighted by molar-refractivity contribution is 0.0601. The molecule has 0 aliphatic carbocycles. The molecule has 10 heteroatoms. The lowest BCUT2D eigenvalue weighted by atomic mass is 10.0. The van der Waals surface area contributed by atoms with Crippen molar-refractivity contribution in [1.82, 2.24) is 15.5 Å². The number of rotatable bonds is 9. The van der Waals surface area contributed by atoms with Gasteiger partial charge in [0.25, 0.3) is 5.91 Å². The number of carbonyl (C=O) groups is 2. The number of carbonyl (C=O) groups excluding carboxylic acids is 2. The number of hydrogen-bond donors (Lipinski definition) is 2. The van der Waals surface area contributed by atoms with Gasteiger partial charge < -0.3 is 24.6 Å². The number of ether oxygens (including phenoxy) is 1. The Morgan fingerprint density at radius 2 is 1.76 bits per heavy atom. The Kier molecular flexibility index (Phi) is 10.9. The monoisotopic (exact) mass is 572 g/mol. The third-order valence-electron chi connectivity index (χ3n) is 6.03. The number of hydrogen-bond acceptors (Lipinski definition) is 8. The van der Waals surface area contributed by atoms with Gasteiger partial charge in [0.2, 0.25) is 11.8 Å². The van der Waals surface area contributed by atoms with Crippen LogP contribution < -0.4 is 11.1 Å². The van der Waals surface area contributed by atoms with Crippen molar-refractivity contribution >= 4 is 11.9 Å². The third-order valence-corrected chi connectivity index (χ3v) is 6.03. The van der Waals surface area contributed by atoms with Crippen molar-refractivity contribution < 1.29 is 27.6 Å². The van der Waals surface area contributed by atoms with Crippen LogP contribution in [0.3, 0.4) is 0 Å². The van der Waals surface area contributed by atoms with Gasteiger partial charge in [-0.3, -0.25) is 4.79 Å². The first-order valence-corrected chi connectivity index (χ1v) is 13.0. The number of benzene rings is 2. The summed E-state index contributed by atoms with van der Waals surface area (Å²) in [5.41, 5.74) is 9.00. The molecule has 4 rings (SSSR count). The molecule has 9 nitrogen and oxygen atoms in total. The zero-order valence-electron chi connectivity index (χ0n) is 23.9. The molecule has 0 spiro atoms. The Morgan fingerprint density at radius 1 is 1.07 bits per heavy atom. The number of aromatic nitrogens is 2. The van der Waals surface area contributed by atoms with Gasteiger partial charge in [-0.05, 0) is 62.7 Å². The predicted octanol–water partition coefficient (Wildman–Crippen LogP) is 6.74. The Hall–Kier alpha value is -5.09. The van der Waals surface area contributed by atoms with Gasteiger partial charge in [0.15, 0.2) is 0 Å². The van der Waals surface area contributed by atoms with Gasteiger partial charge in [0.1, 0.15) is 17.1 Å². The summed E-state index contributed by atoms with van der Waals surface area (Å²) in [7, 11) is 1.26. The second-order valence-corrected chi connectivity index (χ2v) is 9.29. The Bertz CT molecular complexity index is 1580. The van der Waals surface area contributed by atoms with Crippen molar-refractivity contribution in [1.29, 1.82) is 0 Å². The van der Waals surface area contributed by atoms with Crippen molar-refractivity contribution in [2.75, 3.05) is 7.11 Å². The molecule has 0 unspecified atom stereocenters. The third kappa shape index (κ3) is 7.98. The van der Waals surface area contributed by atoms with Crippen LogP contribution >= 0.6 is 0 Å². The van der Waals surface area contributed by atoms with Crippen LogP contribution in [0.15, 0.2) is 101 Å². The molecule has 0 radical (unpaired) electrons. The first-order valence-electron chi connectivity index (χ1n) is 13.0. The molecule has 42 heavy (non-hydrogen) atoms. The standard InChI is InChI=1S/C25H23FN4O5.C7H10/c1-13(27)23-29-30-24(35-23)18-11-16(21-20(8-9-34-21)25(32)33-3)10-17(12-18)22(31)28-14(2)15-4-6-19(26)7-5-15;1-4-6-7(3)5-2/h4-14H,27H2,1-3H3,(H,28,31);4-6H,1-2H2,3H3/b;7-6-/t13-,14+;/m0./s1. The van der Waals surface area contributed by atoms with E-state index in [9.17, 15) is 14.0 Å². The van der Waals surface area contributed by atoms with Crippen molar-refractivity contribution in [3.8, 4) is 22.8 Å². The number of esters is 1. The van der Waals surface area contributed by atoms with Gasteiger partial charge in [-0.1, -0.05) is 49.1 Å². The first-order chi connectivity index (χ1) is 20.1. The minimum Gasteiger partial charge on any atom is -0.465 e. The molecule has 218 valence electrons. The van der Waals surface area contributed by atoms with E-state index in [1.54, 1.807) is 56.3 Å². The summed E-state index contributed by atoms with van der Waals surface area (Å²) in [5.74, 6) is -0.780. The normalized spacial score (nSPS) is 12.4. The van der Waals surface area contributed by atoms with Gasteiger partial charge in [0, 0.05) is 16.7 Å². The highest BCUT2D eigenvalue weighted by Crippen LogP contribution is 2.32. The van der Waals surface area contributed by atoms with E-state index in [0.717, 1.165) is 11.1 Å². The second kappa shape index (κ2) is 14.5. The summed E-state index contributed by atoms with van der Waals surface area (Å²) < 4.78 is 29.3. The van der Waals surface area contributed by atoms with Crippen LogP contribution in [-0.2, 0) is 4.74 Å². The number of furan rings is 1. The lowest BCUT2D eigenvalue weighted by Crippen LogP contribution is -2.26. The minimum atomic E-state index is -0.591. The summed E-state index contributed by atoms with van der Waals surface area (Å²) >= 11 is 0. The van der Waals surface area contributed by atoms with E-state index in [0.29, 0.717) is 11.1 Å². The highest BCUT2D eigenvalue weighted by Gasteiger charge is 2.22. The van der Waals surface area contributed by atoms with E-state index in [1.165, 1.54) is 31.6 Å². The molecule has 3 N–H and O–H groups in total. The fourth-order valence-corrected chi connectivity index (χ4v) is 3.72. The van der Waals surface area contributed by atoms with Gasteiger partial charge in [0.05, 0.1) is 25.5 Å². The molecule has 2 atom stereocenters. The quantitative estimate of drug-likeness (QED) is 0.166. The van der Waals surface area contributed by atoms with E-state index in [2.05, 4.69) is 28.7 Å². The molecule has 0 bridgehead atoms. The molecule has 0 fully saturated rings. The molecule has 0 saturated carbocycles. The maximum atomic E-state index is 13.3. The smallest absolute Gasteiger partial charge is 0.341 e. The largest absolute Gasteiger partial charge is 0.465 e. The SMILES string of the molecule is C=C/C=C(/C)C=C.COC(=O)c1ccoc1-c1cc(C(=O)N[C@H](C)c2ccc(F)cc2)cc(-c2nnc([C@H](C)N)o2)c1. The summed E-state index contributed by atoms with van der Waals surface area (Å²) in [6.45, 7) is 12.6. The average Bonchev–Trinajstić information content (AvgIpc) is 3.68. The van der Waals surface area contributed by atoms with Gasteiger partial charge in [-0.15, -0.1) is 10.2 Å². The van der Waals surface area contributed by atoms with E-state index in [1.807, 2.05) is 13.0 Å². The highest BCUT2D eigenvalue weighted by molar-refractivity contribution is 5.99. The van der Waals surface area contributed by atoms with Crippen LogP contribution in [0.1, 0.15) is 65.0 Å². The second-order valence-electron chi connectivity index (χ2n) is 9.29. The zero-order valence-corrected chi connectivity index (χ0v) is 23.9. The van der Waals surface area contributed by atoms with Gasteiger partial charge in [-0.25, -0.2) is 9.18 Å². The van der Waals surface area contributed by atoms with Crippen molar-refractivity contribution in [2.24, 2.45) is 5.73 Å². The molecular weight excluding hydrogens is 539 g/mol. The molecule has 4 aromatic rings. The Labute approximate surface area is 243 Å². The van der Waals surface area contributed by atoms with Crippen molar-refractivity contribution in [3.63, 3.8) is 0 Å². The van der Waals surface area contributed by atoms with E-state index < -0.39 is 24.0 Å². The zero-order chi connectivity index (χ0) is 30.8. The molecular formula is C32H33FN4O5. The number of halogens is 1.